The van der Waals surface area contributed by atoms with Crippen LogP contribution in [0.5, 0.6) is 5.75 Å². The minimum absolute atomic E-state index is 0.0162. The van der Waals surface area contributed by atoms with E-state index in [-0.39, 0.29) is 23.7 Å². The van der Waals surface area contributed by atoms with E-state index in [4.69, 9.17) is 9.29 Å². The third kappa shape index (κ3) is 5.94. The lowest BCUT2D eigenvalue weighted by Crippen LogP contribution is -2.16. The quantitative estimate of drug-likeness (QED) is 0.348. The number of Topliss-reactive ketones (excluding diaryl/α,β-unsaturated/α-hetero) is 1. The molecule has 0 fully saturated rings. The van der Waals surface area contributed by atoms with Crippen molar-refractivity contribution in [3.63, 3.8) is 0 Å². The zero-order valence-corrected chi connectivity index (χ0v) is 13.2. The fraction of sp³-hybridized carbons (Fsp3) is 0.200. The summed E-state index contributed by atoms with van der Waals surface area (Å²) in [5, 5.41) is 0. The molecule has 0 aliphatic rings. The number of esters is 1. The fourth-order valence-electron chi connectivity index (χ4n) is 1.84. The van der Waals surface area contributed by atoms with Crippen LogP contribution in [0.4, 0.5) is 4.39 Å². The van der Waals surface area contributed by atoms with Crippen LogP contribution in [0, 0.1) is 5.82 Å². The van der Waals surface area contributed by atoms with Crippen LogP contribution in [0.2, 0.25) is 0 Å². The number of ketones is 1. The van der Waals surface area contributed by atoms with Gasteiger partial charge in [0, 0.05) is 18.7 Å². The van der Waals surface area contributed by atoms with Gasteiger partial charge in [0.15, 0.2) is 11.1 Å². The second kappa shape index (κ2) is 8.37. The molecule has 0 saturated carbocycles. The Bertz CT molecular complexity index is 784. The zero-order valence-electron chi connectivity index (χ0n) is 12.3. The van der Waals surface area contributed by atoms with Gasteiger partial charge >= 0.3 is 5.97 Å². The molecule has 9 heteroatoms. The molecule has 1 aromatic heterocycles. The first-order chi connectivity index (χ1) is 11.4. The molecule has 24 heavy (non-hydrogen) atoms. The monoisotopic (exact) mass is 352 g/mol. The second-order valence-corrected chi connectivity index (χ2v) is 5.69. The van der Waals surface area contributed by atoms with Gasteiger partial charge in [0.1, 0.15) is 35.3 Å². The van der Waals surface area contributed by atoms with E-state index in [1.54, 1.807) is 0 Å². The number of halogens is 1. The first kappa shape index (κ1) is 17.8. The molecule has 2 aromatic rings. The number of aromatic nitrogens is 2. The molecule has 126 valence electrons. The van der Waals surface area contributed by atoms with Crippen molar-refractivity contribution in [3.8, 4) is 5.75 Å². The number of carbonyl (C=O) groups excluding carboxylic acids is 2. The Hall–Kier alpha value is -2.52. The number of hydrogen-bond acceptors (Lipinski definition) is 6. The minimum Gasteiger partial charge on any atom is -0.426 e. The fourth-order valence-corrected chi connectivity index (χ4v) is 2.20. The van der Waals surface area contributed by atoms with Gasteiger partial charge in [-0.2, -0.15) is 0 Å². The van der Waals surface area contributed by atoms with Crippen molar-refractivity contribution in [1.29, 1.82) is 0 Å². The highest BCUT2D eigenvalue weighted by atomic mass is 32.2. The van der Waals surface area contributed by atoms with Gasteiger partial charge in [-0.3, -0.25) is 9.59 Å². The molecule has 1 aromatic carbocycles. The summed E-state index contributed by atoms with van der Waals surface area (Å²) in [5.74, 6) is -1.92. The van der Waals surface area contributed by atoms with Gasteiger partial charge in [0.2, 0.25) is 0 Å². The van der Waals surface area contributed by atoms with Crippen LogP contribution in [-0.2, 0) is 32.8 Å². The van der Waals surface area contributed by atoms with Crippen LogP contribution >= 0.6 is 0 Å². The summed E-state index contributed by atoms with van der Waals surface area (Å²) < 4.78 is 37.4. The maximum absolute atomic E-state index is 13.0. The number of carbonyl (C=O) groups is 2. The van der Waals surface area contributed by atoms with Gasteiger partial charge in [0.05, 0.1) is 5.69 Å². The molecule has 0 amide bonds. The summed E-state index contributed by atoms with van der Waals surface area (Å²) in [7, 11) is 0. The lowest BCUT2D eigenvalue weighted by molar-refractivity contribution is -0.137. The van der Waals surface area contributed by atoms with E-state index < -0.39 is 35.1 Å². The Balaban J connectivity index is 1.90. The van der Waals surface area contributed by atoms with Crippen molar-refractivity contribution < 1.29 is 27.5 Å². The lowest BCUT2D eigenvalue weighted by atomic mass is 10.1. The van der Waals surface area contributed by atoms with Crippen molar-refractivity contribution in [3.05, 3.63) is 53.9 Å². The van der Waals surface area contributed by atoms with Crippen molar-refractivity contribution in [2.24, 2.45) is 0 Å². The van der Waals surface area contributed by atoms with Gasteiger partial charge < -0.3 is 9.29 Å². The highest BCUT2D eigenvalue weighted by Crippen LogP contribution is 2.13. The van der Waals surface area contributed by atoms with Crippen molar-refractivity contribution >= 4 is 22.8 Å². The van der Waals surface area contributed by atoms with E-state index in [0.717, 1.165) is 6.07 Å². The molecule has 0 saturated heterocycles. The predicted octanol–water partition coefficient (Wildman–Crippen LogP) is 1.44. The third-order valence-electron chi connectivity index (χ3n) is 2.76. The van der Waals surface area contributed by atoms with E-state index in [2.05, 4.69) is 9.97 Å². The molecule has 1 unspecified atom stereocenters. The predicted molar refractivity (Wildman–Crippen MR) is 81.9 cm³/mol. The molecule has 0 spiro atoms. The Kier molecular flexibility index (Phi) is 6.21. The van der Waals surface area contributed by atoms with Crippen LogP contribution < -0.4 is 4.74 Å². The number of benzene rings is 1. The number of nitrogens with zero attached hydrogens (tertiary/aromatic N) is 2. The van der Waals surface area contributed by atoms with Crippen molar-refractivity contribution in [2.45, 2.75) is 18.6 Å². The Morgan fingerprint density at radius 1 is 1.29 bits per heavy atom. The standard InChI is InChI=1S/C15H13FN2O5S/c16-10-2-1-3-13(6-10)23-15(20)8-12(19)7-11-4-5-17-14(18-11)9-24(21)22/h1-6H,7-9H2,(H,21,22). The maximum atomic E-state index is 13.0. The molecule has 1 heterocycles. The Morgan fingerprint density at radius 2 is 2.08 bits per heavy atom. The van der Waals surface area contributed by atoms with E-state index in [0.29, 0.717) is 5.69 Å². The minimum atomic E-state index is -2.09. The highest BCUT2D eigenvalue weighted by molar-refractivity contribution is 7.78. The topological polar surface area (TPSA) is 106 Å². The maximum Gasteiger partial charge on any atom is 0.318 e. The van der Waals surface area contributed by atoms with E-state index in [9.17, 15) is 18.2 Å². The zero-order chi connectivity index (χ0) is 17.5. The molecule has 0 aliphatic heterocycles. The molecule has 1 atom stereocenters. The second-order valence-electron chi connectivity index (χ2n) is 4.75. The summed E-state index contributed by atoms with van der Waals surface area (Å²) in [5.41, 5.74) is 0.328. The van der Waals surface area contributed by atoms with E-state index in [1.807, 2.05) is 0 Å². The van der Waals surface area contributed by atoms with Gasteiger partial charge in [-0.05, 0) is 18.2 Å². The van der Waals surface area contributed by atoms with E-state index in [1.165, 1.54) is 30.5 Å². The SMILES string of the molecule is O=C(CC(=O)Oc1cccc(F)c1)Cc1ccnc(CS(=O)O)n1. The van der Waals surface area contributed by atoms with Crippen molar-refractivity contribution in [1.82, 2.24) is 9.97 Å². The first-order valence-corrected chi connectivity index (χ1v) is 8.06. The summed E-state index contributed by atoms with van der Waals surface area (Å²) in [4.78, 5) is 31.3. The van der Waals surface area contributed by atoms with Gasteiger partial charge in [-0.1, -0.05) is 6.07 Å². The van der Waals surface area contributed by atoms with Crippen LogP contribution in [0.1, 0.15) is 17.9 Å². The largest absolute Gasteiger partial charge is 0.426 e. The Labute approximate surface area is 139 Å². The smallest absolute Gasteiger partial charge is 0.318 e. The third-order valence-corrected chi connectivity index (χ3v) is 3.27. The van der Waals surface area contributed by atoms with Crippen LogP contribution in [0.15, 0.2) is 36.5 Å². The average Bonchev–Trinajstić information content (AvgIpc) is 2.46. The molecule has 1 N–H and O–H groups in total. The molecular formula is C15H13FN2O5S. The average molecular weight is 352 g/mol. The highest BCUT2D eigenvalue weighted by Gasteiger charge is 2.14. The summed E-state index contributed by atoms with van der Waals surface area (Å²) in [6.45, 7) is 0. The molecule has 0 aliphatic carbocycles. The van der Waals surface area contributed by atoms with Gasteiger partial charge in [-0.25, -0.2) is 18.6 Å². The van der Waals surface area contributed by atoms with E-state index >= 15 is 0 Å². The van der Waals surface area contributed by atoms with Crippen LogP contribution in [-0.4, -0.2) is 30.5 Å². The number of ether oxygens (including phenoxy) is 1. The number of hydrogen-bond donors (Lipinski definition) is 1. The summed E-state index contributed by atoms with van der Waals surface area (Å²) >= 11 is -2.09. The first-order valence-electron chi connectivity index (χ1n) is 6.78. The molecule has 0 bridgehead atoms. The molecule has 2 rings (SSSR count). The normalized spacial score (nSPS) is 11.8. The Morgan fingerprint density at radius 3 is 2.79 bits per heavy atom. The van der Waals surface area contributed by atoms with Crippen LogP contribution in [0.3, 0.4) is 0 Å². The van der Waals surface area contributed by atoms with Gasteiger partial charge in [0.25, 0.3) is 0 Å². The number of rotatable bonds is 7. The molecule has 7 nitrogen and oxygen atoms in total. The van der Waals surface area contributed by atoms with Crippen molar-refractivity contribution in [2.75, 3.05) is 0 Å². The molecule has 0 radical (unpaired) electrons. The summed E-state index contributed by atoms with van der Waals surface area (Å²) in [6.07, 6.45) is 0.719. The lowest BCUT2D eigenvalue weighted by Gasteiger charge is -2.04. The van der Waals surface area contributed by atoms with Crippen LogP contribution in [0.25, 0.3) is 0 Å². The molecular weight excluding hydrogens is 339 g/mol. The summed E-state index contributed by atoms with van der Waals surface area (Å²) in [6, 6.07) is 6.49. The van der Waals surface area contributed by atoms with Gasteiger partial charge in [-0.15, -0.1) is 0 Å².